The Kier molecular flexibility index (Phi) is 6.07. The molecule has 0 atom stereocenters. The van der Waals surface area contributed by atoms with E-state index in [4.69, 9.17) is 24.3 Å². The van der Waals surface area contributed by atoms with Gasteiger partial charge in [-0.05, 0) is 41.5 Å². The van der Waals surface area contributed by atoms with Gasteiger partial charge in [0.1, 0.15) is 17.8 Å². The van der Waals surface area contributed by atoms with E-state index in [1.807, 2.05) is 41.5 Å². The monoisotopic (exact) mass is 313 g/mol. The third-order valence-electron chi connectivity index (χ3n) is 1.64. The van der Waals surface area contributed by atoms with Gasteiger partial charge < -0.3 is 4.74 Å². The van der Waals surface area contributed by atoms with Crippen molar-refractivity contribution in [1.29, 1.82) is 0 Å². The molecule has 0 saturated carbocycles. The molecular weight excluding hydrogens is 290 g/mol. The standard InChI is InChI=1S/C14H23N3O5/c1-8-9-18-10-15-11(19-21-13(2,3)4)17-12(16-10)20-22-14(5,6)7/h8H,1,9H2,2-7H3. The maximum Gasteiger partial charge on any atom is 0.362 e. The smallest absolute Gasteiger partial charge is 0.362 e. The van der Waals surface area contributed by atoms with Crippen LogP contribution >= 0.6 is 0 Å². The largest absolute Gasteiger partial charge is 0.459 e. The molecule has 1 heterocycles. The SMILES string of the molecule is C=CCOc1nc(OOC(C)(C)C)nc(OOC(C)(C)C)n1. The van der Waals surface area contributed by atoms with Crippen molar-refractivity contribution in [2.24, 2.45) is 0 Å². The molecule has 0 amide bonds. The van der Waals surface area contributed by atoms with Gasteiger partial charge in [-0.3, -0.25) is 9.78 Å². The molecule has 0 aliphatic heterocycles. The Morgan fingerprint density at radius 1 is 0.818 bits per heavy atom. The molecule has 8 nitrogen and oxygen atoms in total. The Bertz CT molecular complexity index is 458. The molecule has 0 spiro atoms. The quantitative estimate of drug-likeness (QED) is 0.431. The van der Waals surface area contributed by atoms with E-state index in [1.54, 1.807) is 6.08 Å². The van der Waals surface area contributed by atoms with Crippen LogP contribution in [0.4, 0.5) is 0 Å². The van der Waals surface area contributed by atoms with Gasteiger partial charge in [0, 0.05) is 0 Å². The number of ether oxygens (including phenoxy) is 1. The van der Waals surface area contributed by atoms with Crippen LogP contribution in [-0.4, -0.2) is 32.8 Å². The van der Waals surface area contributed by atoms with E-state index >= 15 is 0 Å². The Morgan fingerprint density at radius 3 is 1.59 bits per heavy atom. The van der Waals surface area contributed by atoms with E-state index in [1.165, 1.54) is 0 Å². The highest BCUT2D eigenvalue weighted by Gasteiger charge is 2.19. The minimum absolute atomic E-state index is 0.00918. The molecule has 0 aromatic carbocycles. The molecule has 0 N–H and O–H groups in total. The average molecular weight is 313 g/mol. The van der Waals surface area contributed by atoms with E-state index in [-0.39, 0.29) is 24.6 Å². The summed E-state index contributed by atoms with van der Waals surface area (Å²) in [5, 5.41) is 0. The summed E-state index contributed by atoms with van der Waals surface area (Å²) in [5.74, 6) is 0. The predicted molar refractivity (Wildman–Crippen MR) is 78.5 cm³/mol. The molecular formula is C14H23N3O5. The highest BCUT2D eigenvalue weighted by molar-refractivity contribution is 5.08. The molecule has 1 aromatic rings. The molecule has 0 saturated heterocycles. The Balaban J connectivity index is 2.87. The summed E-state index contributed by atoms with van der Waals surface area (Å²) in [7, 11) is 0. The highest BCUT2D eigenvalue weighted by Crippen LogP contribution is 2.19. The van der Waals surface area contributed by atoms with Gasteiger partial charge in [0.2, 0.25) is 0 Å². The lowest BCUT2D eigenvalue weighted by molar-refractivity contribution is -0.287. The molecule has 0 radical (unpaired) electrons. The summed E-state index contributed by atoms with van der Waals surface area (Å²) >= 11 is 0. The van der Waals surface area contributed by atoms with Crippen molar-refractivity contribution < 1.29 is 24.3 Å². The highest BCUT2D eigenvalue weighted by atomic mass is 17.2. The van der Waals surface area contributed by atoms with Crippen LogP contribution in [0.25, 0.3) is 0 Å². The topological polar surface area (TPSA) is 84.8 Å². The van der Waals surface area contributed by atoms with Gasteiger partial charge in [-0.15, -0.1) is 15.0 Å². The molecule has 0 fully saturated rings. The Hall–Kier alpha value is -1.93. The van der Waals surface area contributed by atoms with E-state index in [2.05, 4.69) is 21.5 Å². The predicted octanol–water partition coefficient (Wildman–Crippen LogP) is 2.65. The van der Waals surface area contributed by atoms with Crippen molar-refractivity contribution in [1.82, 2.24) is 15.0 Å². The van der Waals surface area contributed by atoms with Crippen molar-refractivity contribution in [3.8, 4) is 18.0 Å². The normalized spacial score (nSPS) is 11.9. The molecule has 0 unspecified atom stereocenters. The van der Waals surface area contributed by atoms with Crippen molar-refractivity contribution >= 4 is 0 Å². The van der Waals surface area contributed by atoms with Crippen LogP contribution in [0.3, 0.4) is 0 Å². The Morgan fingerprint density at radius 2 is 1.23 bits per heavy atom. The first-order valence-corrected chi connectivity index (χ1v) is 6.80. The number of rotatable bonds is 7. The molecule has 0 aliphatic carbocycles. The first-order chi connectivity index (χ1) is 10.1. The summed E-state index contributed by atoms with van der Waals surface area (Å²) in [6, 6.07) is -0.192. The van der Waals surface area contributed by atoms with Crippen LogP contribution in [0.5, 0.6) is 18.0 Å². The second kappa shape index (κ2) is 7.37. The first-order valence-electron chi connectivity index (χ1n) is 6.80. The Labute approximate surface area is 130 Å². The van der Waals surface area contributed by atoms with Crippen molar-refractivity contribution in [2.75, 3.05) is 6.61 Å². The average Bonchev–Trinajstić information content (AvgIpc) is 2.39. The molecule has 22 heavy (non-hydrogen) atoms. The summed E-state index contributed by atoms with van der Waals surface area (Å²) < 4.78 is 5.25. The lowest BCUT2D eigenvalue weighted by Crippen LogP contribution is -2.23. The third kappa shape index (κ3) is 7.75. The van der Waals surface area contributed by atoms with Gasteiger partial charge in [0.05, 0.1) is 0 Å². The van der Waals surface area contributed by atoms with Crippen molar-refractivity contribution in [3.63, 3.8) is 0 Å². The number of aromatic nitrogens is 3. The zero-order chi connectivity index (χ0) is 16.8. The van der Waals surface area contributed by atoms with Gasteiger partial charge in [0.25, 0.3) is 0 Å². The number of hydrogen-bond donors (Lipinski definition) is 0. The van der Waals surface area contributed by atoms with Gasteiger partial charge >= 0.3 is 18.0 Å². The fourth-order valence-corrected chi connectivity index (χ4v) is 0.918. The summed E-state index contributed by atoms with van der Waals surface area (Å²) in [5.41, 5.74) is -1.06. The minimum Gasteiger partial charge on any atom is -0.459 e. The van der Waals surface area contributed by atoms with Gasteiger partial charge in [-0.25, -0.2) is 0 Å². The first kappa shape index (κ1) is 18.1. The van der Waals surface area contributed by atoms with Gasteiger partial charge in [-0.2, -0.15) is 9.78 Å². The van der Waals surface area contributed by atoms with Crippen molar-refractivity contribution in [2.45, 2.75) is 52.7 Å². The van der Waals surface area contributed by atoms with Crippen molar-refractivity contribution in [3.05, 3.63) is 12.7 Å². The number of hydrogen-bond acceptors (Lipinski definition) is 8. The second-order valence-corrected chi connectivity index (χ2v) is 6.34. The molecule has 1 aromatic heterocycles. The lowest BCUT2D eigenvalue weighted by atomic mass is 10.2. The van der Waals surface area contributed by atoms with E-state index in [0.29, 0.717) is 0 Å². The summed E-state index contributed by atoms with van der Waals surface area (Å²) in [6.45, 7) is 14.7. The molecule has 1 rings (SSSR count). The van der Waals surface area contributed by atoms with E-state index in [9.17, 15) is 0 Å². The van der Waals surface area contributed by atoms with Gasteiger partial charge in [-0.1, -0.05) is 12.7 Å². The molecule has 0 aliphatic rings. The van der Waals surface area contributed by atoms with Crippen LogP contribution in [0, 0.1) is 0 Å². The van der Waals surface area contributed by atoms with E-state index < -0.39 is 11.2 Å². The molecule has 124 valence electrons. The fraction of sp³-hybridized carbons (Fsp3) is 0.643. The van der Waals surface area contributed by atoms with Crippen LogP contribution in [0.15, 0.2) is 12.7 Å². The summed E-state index contributed by atoms with van der Waals surface area (Å²) in [4.78, 5) is 32.2. The van der Waals surface area contributed by atoms with Crippen LogP contribution in [0.1, 0.15) is 41.5 Å². The zero-order valence-corrected chi connectivity index (χ0v) is 13.9. The maximum absolute atomic E-state index is 5.25. The summed E-state index contributed by atoms with van der Waals surface area (Å²) in [6.07, 6.45) is 1.56. The molecule has 8 heteroatoms. The van der Waals surface area contributed by atoms with Crippen LogP contribution in [0.2, 0.25) is 0 Å². The second-order valence-electron chi connectivity index (χ2n) is 6.34. The maximum atomic E-state index is 5.25. The van der Waals surface area contributed by atoms with Crippen LogP contribution in [-0.2, 0) is 9.78 Å². The van der Waals surface area contributed by atoms with E-state index in [0.717, 1.165) is 0 Å². The minimum atomic E-state index is -0.530. The zero-order valence-electron chi connectivity index (χ0n) is 13.9. The number of nitrogens with zero attached hydrogens (tertiary/aromatic N) is 3. The fourth-order valence-electron chi connectivity index (χ4n) is 0.918. The van der Waals surface area contributed by atoms with Crippen LogP contribution < -0.4 is 14.5 Å². The third-order valence-corrected chi connectivity index (χ3v) is 1.64. The lowest BCUT2D eigenvalue weighted by Gasteiger charge is -2.18. The molecule has 0 bridgehead atoms. The van der Waals surface area contributed by atoms with Gasteiger partial charge in [0.15, 0.2) is 0 Å².